The number of allylic oxidation sites excluding steroid dienone is 8. The maximum atomic E-state index is 7.85. The van der Waals surface area contributed by atoms with Crippen LogP contribution in [0, 0.1) is 71.0 Å². The van der Waals surface area contributed by atoms with Gasteiger partial charge in [0.15, 0.2) is 0 Å². The molecule has 0 nitrogen and oxygen atoms in total. The number of halogens is 4. The van der Waals surface area contributed by atoms with E-state index in [1.807, 2.05) is 0 Å². The normalized spacial score (nSPS) is 65.2. The standard InChI is InChI=1S/C26H26Cl4/c27-23-24(28)26(30)20-14-7-5-13(6-8-14)19(20)25(23,29)21-15-9-10-16(22(21)26)18-12-2-1-11(3-4-12)17(15)18/h1-2,5,7,9-22H,3-4,6,8H2/t11-,12+,13-,14+,15+,16-,17+,18-,19-,20+,21+,22-,25-,26+. The summed E-state index contributed by atoms with van der Waals surface area (Å²) in [6.07, 6.45) is 20.1. The summed E-state index contributed by atoms with van der Waals surface area (Å²) in [6, 6.07) is 0. The van der Waals surface area contributed by atoms with E-state index in [0.717, 1.165) is 0 Å². The molecule has 0 aromatic rings. The van der Waals surface area contributed by atoms with Crippen molar-refractivity contribution in [3.05, 3.63) is 46.5 Å². The van der Waals surface area contributed by atoms with Crippen molar-refractivity contribution in [2.45, 2.75) is 35.4 Å². The maximum Gasteiger partial charge on any atom is 0.0887 e. The summed E-state index contributed by atoms with van der Waals surface area (Å²) >= 11 is 30.0. The van der Waals surface area contributed by atoms with Crippen LogP contribution in [-0.4, -0.2) is 9.75 Å². The molecular formula is C26H26Cl4. The van der Waals surface area contributed by atoms with Gasteiger partial charge < -0.3 is 0 Å². The Hall–Kier alpha value is 0.120. The number of hydrogen-bond donors (Lipinski definition) is 0. The van der Waals surface area contributed by atoms with Gasteiger partial charge in [0.25, 0.3) is 0 Å². The van der Waals surface area contributed by atoms with Gasteiger partial charge in [-0.2, -0.15) is 0 Å². The van der Waals surface area contributed by atoms with Crippen molar-refractivity contribution >= 4 is 46.4 Å². The molecule has 0 heterocycles. The molecule has 12 aliphatic rings. The SMILES string of the molecule is ClC1=C(Cl)[C@]2(Cl)[C@H]3[C@H]4C=C[C@H]([C@@H]5[C@H]4[C@@H]4C=C[C@H]5CC4)[C@H]3[C@@]1(Cl)[C@@H]1[C@H]2[C@@H]2C=C[C@H]1CC2. The van der Waals surface area contributed by atoms with Gasteiger partial charge in [-0.1, -0.05) is 59.7 Å². The molecule has 12 rings (SSSR count). The highest BCUT2D eigenvalue weighted by atomic mass is 35.5. The summed E-state index contributed by atoms with van der Waals surface area (Å²) in [4.78, 5) is -1.12. The van der Waals surface area contributed by atoms with Crippen LogP contribution in [0.1, 0.15) is 25.7 Å². The summed E-state index contributed by atoms with van der Waals surface area (Å²) < 4.78 is 0. The average molecular weight is 480 g/mol. The summed E-state index contributed by atoms with van der Waals surface area (Å²) in [5.41, 5.74) is 0. The first-order chi connectivity index (χ1) is 14.5. The zero-order chi connectivity index (χ0) is 20.2. The van der Waals surface area contributed by atoms with Crippen LogP contribution in [0.2, 0.25) is 0 Å². The van der Waals surface area contributed by atoms with Crippen molar-refractivity contribution in [1.29, 1.82) is 0 Å². The number of hydrogen-bond acceptors (Lipinski definition) is 0. The van der Waals surface area contributed by atoms with Crippen molar-refractivity contribution in [2.24, 2.45) is 71.0 Å². The molecule has 0 N–H and O–H groups in total. The summed E-state index contributed by atoms with van der Waals surface area (Å²) in [5.74, 6) is 5.98. The van der Waals surface area contributed by atoms with Crippen molar-refractivity contribution in [1.82, 2.24) is 0 Å². The quantitative estimate of drug-likeness (QED) is 0.251. The summed E-state index contributed by atoms with van der Waals surface area (Å²) in [6.45, 7) is 0. The van der Waals surface area contributed by atoms with Gasteiger partial charge in [0.1, 0.15) is 0 Å². The highest BCUT2D eigenvalue weighted by Gasteiger charge is 2.79. The molecule has 158 valence electrons. The molecule has 0 radical (unpaired) electrons. The Kier molecular flexibility index (Phi) is 3.46. The zero-order valence-electron chi connectivity index (χ0n) is 16.7. The van der Waals surface area contributed by atoms with Crippen molar-refractivity contribution in [3.8, 4) is 0 Å². The van der Waals surface area contributed by atoms with E-state index in [4.69, 9.17) is 46.4 Å². The molecule has 4 saturated carbocycles. The van der Waals surface area contributed by atoms with Gasteiger partial charge in [-0.05, 0) is 96.7 Å². The lowest BCUT2D eigenvalue weighted by Crippen LogP contribution is -2.76. The van der Waals surface area contributed by atoms with E-state index in [-0.39, 0.29) is 0 Å². The molecular weight excluding hydrogens is 454 g/mol. The van der Waals surface area contributed by atoms with Gasteiger partial charge in [0.05, 0.1) is 19.8 Å². The molecule has 14 atom stereocenters. The van der Waals surface area contributed by atoms with E-state index < -0.39 is 9.75 Å². The fourth-order valence-corrected chi connectivity index (χ4v) is 12.7. The van der Waals surface area contributed by atoms with Gasteiger partial charge in [-0.25, -0.2) is 0 Å². The third kappa shape index (κ3) is 1.74. The maximum absolute atomic E-state index is 7.85. The van der Waals surface area contributed by atoms with Gasteiger partial charge in [0, 0.05) is 0 Å². The van der Waals surface area contributed by atoms with Crippen LogP contribution in [0.3, 0.4) is 0 Å². The first-order valence-corrected chi connectivity index (χ1v) is 13.5. The van der Waals surface area contributed by atoms with Crippen LogP contribution in [0.15, 0.2) is 46.5 Å². The topological polar surface area (TPSA) is 0 Å². The lowest BCUT2D eigenvalue weighted by atomic mass is 9.33. The van der Waals surface area contributed by atoms with Crippen LogP contribution in [0.4, 0.5) is 0 Å². The van der Waals surface area contributed by atoms with E-state index in [2.05, 4.69) is 36.5 Å². The molecule has 0 amide bonds. The fraction of sp³-hybridized carbons (Fsp3) is 0.692. The van der Waals surface area contributed by atoms with Crippen molar-refractivity contribution < 1.29 is 0 Å². The minimum Gasteiger partial charge on any atom is -0.112 e. The molecule has 8 bridgehead atoms. The van der Waals surface area contributed by atoms with Crippen molar-refractivity contribution in [2.75, 3.05) is 0 Å². The third-order valence-electron chi connectivity index (χ3n) is 11.1. The highest BCUT2D eigenvalue weighted by molar-refractivity contribution is 6.49. The second kappa shape index (κ2) is 5.60. The van der Waals surface area contributed by atoms with Gasteiger partial charge >= 0.3 is 0 Å². The van der Waals surface area contributed by atoms with E-state index in [0.29, 0.717) is 81.1 Å². The number of fused-ring (bicyclic) bond motifs is 2. The molecule has 0 saturated heterocycles. The Morgan fingerprint density at radius 1 is 0.533 bits per heavy atom. The molecule has 0 spiro atoms. The second-order valence-electron chi connectivity index (χ2n) is 11.5. The zero-order valence-corrected chi connectivity index (χ0v) is 19.8. The fourth-order valence-electron chi connectivity index (χ4n) is 10.5. The molecule has 30 heavy (non-hydrogen) atoms. The first kappa shape index (κ1) is 18.5. The van der Waals surface area contributed by atoms with E-state index in [1.54, 1.807) is 0 Å². The van der Waals surface area contributed by atoms with Crippen LogP contribution in [-0.2, 0) is 0 Å². The van der Waals surface area contributed by atoms with E-state index >= 15 is 0 Å². The number of alkyl halides is 2. The Balaban J connectivity index is 1.39. The van der Waals surface area contributed by atoms with Crippen LogP contribution in [0.5, 0.6) is 0 Å². The van der Waals surface area contributed by atoms with E-state index in [1.165, 1.54) is 25.7 Å². The molecule has 0 aliphatic heterocycles. The monoisotopic (exact) mass is 478 g/mol. The summed E-state index contributed by atoms with van der Waals surface area (Å²) in [7, 11) is 0. The van der Waals surface area contributed by atoms with E-state index in [9.17, 15) is 0 Å². The third-order valence-corrected chi connectivity index (χ3v) is 13.8. The largest absolute Gasteiger partial charge is 0.112 e. The Labute approximate surface area is 198 Å². The van der Waals surface area contributed by atoms with Crippen LogP contribution >= 0.6 is 46.4 Å². The predicted octanol–water partition coefficient (Wildman–Crippen LogP) is 7.36. The Morgan fingerprint density at radius 2 is 0.900 bits per heavy atom. The van der Waals surface area contributed by atoms with Gasteiger partial charge in [-0.3, -0.25) is 0 Å². The lowest BCUT2D eigenvalue weighted by Gasteiger charge is -2.75. The van der Waals surface area contributed by atoms with Crippen LogP contribution < -0.4 is 0 Å². The minimum atomic E-state index is -0.558. The minimum absolute atomic E-state index is 0.310. The molecule has 0 aromatic carbocycles. The summed E-state index contributed by atoms with van der Waals surface area (Å²) in [5, 5.41) is 1.39. The average Bonchev–Trinajstić information content (AvgIpc) is 2.81. The number of rotatable bonds is 0. The smallest absolute Gasteiger partial charge is 0.0887 e. The van der Waals surface area contributed by atoms with Gasteiger partial charge in [0.2, 0.25) is 0 Å². The Bertz CT molecular complexity index is 904. The molecule has 4 heteroatoms. The van der Waals surface area contributed by atoms with Gasteiger partial charge in [-0.15, -0.1) is 23.2 Å². The second-order valence-corrected chi connectivity index (χ2v) is 13.5. The highest BCUT2D eigenvalue weighted by Crippen LogP contribution is 2.80. The first-order valence-electron chi connectivity index (χ1n) is 12.0. The molecule has 12 aliphatic carbocycles. The molecule has 4 fully saturated rings. The van der Waals surface area contributed by atoms with Crippen molar-refractivity contribution in [3.63, 3.8) is 0 Å². The Morgan fingerprint density at radius 3 is 1.27 bits per heavy atom. The molecule has 0 unspecified atom stereocenters. The molecule has 0 aromatic heterocycles. The van der Waals surface area contributed by atoms with Crippen LogP contribution in [0.25, 0.3) is 0 Å². The predicted molar refractivity (Wildman–Crippen MR) is 124 cm³/mol. The lowest BCUT2D eigenvalue weighted by molar-refractivity contribution is -0.146.